The molecule has 90 valence electrons. The maximum absolute atomic E-state index is 9.29. The van der Waals surface area contributed by atoms with Crippen LogP contribution >= 0.6 is 0 Å². The zero-order valence-corrected chi connectivity index (χ0v) is 10.4. The second-order valence-electron chi connectivity index (χ2n) is 4.40. The molecule has 0 saturated heterocycles. The molecule has 1 aromatic rings. The van der Waals surface area contributed by atoms with Crippen LogP contribution in [-0.4, -0.2) is 27.2 Å². The monoisotopic (exact) mass is 223 g/mol. The van der Waals surface area contributed by atoms with Gasteiger partial charge < -0.3 is 10.4 Å². The van der Waals surface area contributed by atoms with Gasteiger partial charge in [-0.3, -0.25) is 9.97 Å². The lowest BCUT2D eigenvalue weighted by molar-refractivity contribution is 0.168. The Morgan fingerprint density at radius 3 is 2.44 bits per heavy atom. The Kier molecular flexibility index (Phi) is 4.83. The van der Waals surface area contributed by atoms with Crippen molar-refractivity contribution in [1.82, 2.24) is 15.3 Å². The van der Waals surface area contributed by atoms with Gasteiger partial charge in [-0.15, -0.1) is 0 Å². The molecule has 0 radical (unpaired) electrons. The summed E-state index contributed by atoms with van der Waals surface area (Å²) in [5.74, 6) is 0. The van der Waals surface area contributed by atoms with Crippen molar-refractivity contribution in [3.63, 3.8) is 0 Å². The summed E-state index contributed by atoms with van der Waals surface area (Å²) >= 11 is 0. The van der Waals surface area contributed by atoms with E-state index >= 15 is 0 Å². The third-order valence-electron chi connectivity index (χ3n) is 2.56. The standard InChI is InChI=1S/C12H21N3O/c1-8(7-9(2)16)15-11(4)12-10(3)13-5-6-14-12/h5-6,8-9,11,15-16H,7H2,1-4H3. The van der Waals surface area contributed by atoms with E-state index in [9.17, 15) is 5.11 Å². The predicted molar refractivity (Wildman–Crippen MR) is 64.1 cm³/mol. The minimum absolute atomic E-state index is 0.155. The van der Waals surface area contributed by atoms with Gasteiger partial charge in [0.25, 0.3) is 0 Å². The third kappa shape index (κ3) is 3.87. The van der Waals surface area contributed by atoms with E-state index in [2.05, 4.69) is 29.1 Å². The minimum atomic E-state index is -0.280. The highest BCUT2D eigenvalue weighted by atomic mass is 16.3. The summed E-state index contributed by atoms with van der Waals surface area (Å²) in [5.41, 5.74) is 1.92. The molecular weight excluding hydrogens is 202 g/mol. The van der Waals surface area contributed by atoms with Crippen molar-refractivity contribution in [2.45, 2.75) is 52.3 Å². The molecule has 1 heterocycles. The molecule has 4 nitrogen and oxygen atoms in total. The maximum atomic E-state index is 9.29. The average molecular weight is 223 g/mol. The predicted octanol–water partition coefficient (Wildman–Crippen LogP) is 1.60. The molecular formula is C12H21N3O. The van der Waals surface area contributed by atoms with Crippen molar-refractivity contribution in [2.24, 2.45) is 0 Å². The molecule has 1 rings (SSSR count). The Morgan fingerprint density at radius 2 is 1.88 bits per heavy atom. The van der Waals surface area contributed by atoms with Gasteiger partial charge in [0, 0.05) is 24.5 Å². The van der Waals surface area contributed by atoms with E-state index in [1.54, 1.807) is 19.3 Å². The molecule has 0 spiro atoms. The van der Waals surface area contributed by atoms with Crippen LogP contribution in [0.1, 0.15) is 44.6 Å². The fourth-order valence-corrected chi connectivity index (χ4v) is 1.93. The normalized spacial score (nSPS) is 16.8. The highest BCUT2D eigenvalue weighted by Gasteiger charge is 2.14. The minimum Gasteiger partial charge on any atom is -0.393 e. The topological polar surface area (TPSA) is 58.0 Å². The molecule has 0 aromatic carbocycles. The van der Waals surface area contributed by atoms with Crippen molar-refractivity contribution in [3.05, 3.63) is 23.8 Å². The van der Waals surface area contributed by atoms with E-state index in [0.717, 1.165) is 17.8 Å². The van der Waals surface area contributed by atoms with Crippen molar-refractivity contribution in [2.75, 3.05) is 0 Å². The average Bonchev–Trinajstić information content (AvgIpc) is 2.16. The molecule has 3 unspecified atom stereocenters. The number of aliphatic hydroxyl groups excluding tert-OH is 1. The van der Waals surface area contributed by atoms with E-state index in [1.807, 2.05) is 6.92 Å². The van der Waals surface area contributed by atoms with Crippen molar-refractivity contribution < 1.29 is 5.11 Å². The summed E-state index contributed by atoms with van der Waals surface area (Å²) in [4.78, 5) is 8.54. The first-order valence-electron chi connectivity index (χ1n) is 5.72. The van der Waals surface area contributed by atoms with Crippen LogP contribution in [0, 0.1) is 6.92 Å². The van der Waals surface area contributed by atoms with Gasteiger partial charge in [-0.05, 0) is 34.1 Å². The van der Waals surface area contributed by atoms with E-state index in [4.69, 9.17) is 0 Å². The Balaban J connectivity index is 2.58. The maximum Gasteiger partial charge on any atom is 0.0782 e. The van der Waals surface area contributed by atoms with Crippen molar-refractivity contribution in [3.8, 4) is 0 Å². The molecule has 16 heavy (non-hydrogen) atoms. The van der Waals surface area contributed by atoms with Gasteiger partial charge in [-0.1, -0.05) is 0 Å². The lowest BCUT2D eigenvalue weighted by atomic mass is 10.1. The molecule has 0 aliphatic heterocycles. The molecule has 0 aliphatic rings. The molecule has 0 amide bonds. The lowest BCUT2D eigenvalue weighted by Gasteiger charge is -2.21. The number of aliphatic hydroxyl groups is 1. The summed E-state index contributed by atoms with van der Waals surface area (Å²) in [6, 6.07) is 0.416. The number of aryl methyl sites for hydroxylation is 1. The molecule has 0 saturated carbocycles. The molecule has 3 atom stereocenters. The number of rotatable bonds is 5. The largest absolute Gasteiger partial charge is 0.393 e. The van der Waals surface area contributed by atoms with Gasteiger partial charge in [-0.2, -0.15) is 0 Å². The van der Waals surface area contributed by atoms with Gasteiger partial charge in [-0.25, -0.2) is 0 Å². The van der Waals surface area contributed by atoms with Crippen LogP contribution in [0.15, 0.2) is 12.4 Å². The van der Waals surface area contributed by atoms with Gasteiger partial charge in [0.15, 0.2) is 0 Å². The lowest BCUT2D eigenvalue weighted by Crippen LogP contribution is -2.32. The highest BCUT2D eigenvalue weighted by Crippen LogP contribution is 2.13. The third-order valence-corrected chi connectivity index (χ3v) is 2.56. The quantitative estimate of drug-likeness (QED) is 0.796. The first-order chi connectivity index (χ1) is 7.50. The zero-order valence-electron chi connectivity index (χ0n) is 10.4. The second-order valence-corrected chi connectivity index (χ2v) is 4.40. The molecule has 2 N–H and O–H groups in total. The van der Waals surface area contributed by atoms with Crippen LogP contribution in [0.2, 0.25) is 0 Å². The fourth-order valence-electron chi connectivity index (χ4n) is 1.93. The van der Waals surface area contributed by atoms with Crippen LogP contribution in [0.4, 0.5) is 0 Å². The van der Waals surface area contributed by atoms with Gasteiger partial charge in [0.2, 0.25) is 0 Å². The number of hydrogen-bond acceptors (Lipinski definition) is 4. The Hall–Kier alpha value is -1.00. The number of nitrogens with zero attached hydrogens (tertiary/aromatic N) is 2. The van der Waals surface area contributed by atoms with E-state index in [0.29, 0.717) is 0 Å². The molecule has 4 heteroatoms. The van der Waals surface area contributed by atoms with Crippen LogP contribution in [-0.2, 0) is 0 Å². The van der Waals surface area contributed by atoms with Gasteiger partial charge >= 0.3 is 0 Å². The Bertz CT molecular complexity index is 328. The summed E-state index contributed by atoms with van der Waals surface area (Å²) < 4.78 is 0. The number of nitrogens with one attached hydrogen (secondary N) is 1. The first-order valence-corrected chi connectivity index (χ1v) is 5.72. The summed E-state index contributed by atoms with van der Waals surface area (Å²) in [6.07, 6.45) is 3.87. The Morgan fingerprint density at radius 1 is 1.25 bits per heavy atom. The van der Waals surface area contributed by atoms with Crippen molar-refractivity contribution >= 4 is 0 Å². The first kappa shape index (κ1) is 13.1. The number of aromatic nitrogens is 2. The smallest absolute Gasteiger partial charge is 0.0782 e. The summed E-state index contributed by atoms with van der Waals surface area (Å²) in [5, 5.41) is 12.7. The second kappa shape index (κ2) is 5.92. The van der Waals surface area contributed by atoms with Gasteiger partial charge in [0.1, 0.15) is 0 Å². The molecule has 0 fully saturated rings. The SMILES string of the molecule is Cc1nccnc1C(C)NC(C)CC(C)O. The molecule has 0 bridgehead atoms. The van der Waals surface area contributed by atoms with E-state index < -0.39 is 0 Å². The van der Waals surface area contributed by atoms with Crippen LogP contribution in [0.3, 0.4) is 0 Å². The van der Waals surface area contributed by atoms with E-state index in [-0.39, 0.29) is 18.2 Å². The summed E-state index contributed by atoms with van der Waals surface area (Å²) in [7, 11) is 0. The van der Waals surface area contributed by atoms with E-state index in [1.165, 1.54) is 0 Å². The van der Waals surface area contributed by atoms with Crippen LogP contribution in [0.5, 0.6) is 0 Å². The molecule has 1 aromatic heterocycles. The van der Waals surface area contributed by atoms with Gasteiger partial charge in [0.05, 0.1) is 17.5 Å². The fraction of sp³-hybridized carbons (Fsp3) is 0.667. The number of hydrogen-bond donors (Lipinski definition) is 2. The molecule has 0 aliphatic carbocycles. The summed E-state index contributed by atoms with van der Waals surface area (Å²) in [6.45, 7) is 7.89. The van der Waals surface area contributed by atoms with Crippen LogP contribution < -0.4 is 5.32 Å². The van der Waals surface area contributed by atoms with Crippen LogP contribution in [0.25, 0.3) is 0 Å². The zero-order chi connectivity index (χ0) is 12.1. The van der Waals surface area contributed by atoms with Crippen molar-refractivity contribution in [1.29, 1.82) is 0 Å². The Labute approximate surface area is 97.1 Å². The highest BCUT2D eigenvalue weighted by molar-refractivity contribution is 5.12.